The van der Waals surface area contributed by atoms with E-state index in [1.165, 1.54) is 0 Å². The Balaban J connectivity index is 2.24. The van der Waals surface area contributed by atoms with Gasteiger partial charge in [-0.25, -0.2) is 4.79 Å². The van der Waals surface area contributed by atoms with E-state index in [1.807, 2.05) is 34.6 Å². The number of amides is 1. The van der Waals surface area contributed by atoms with Gasteiger partial charge in [0.25, 0.3) is 0 Å². The van der Waals surface area contributed by atoms with Crippen molar-refractivity contribution in [1.29, 1.82) is 0 Å². The Labute approximate surface area is 140 Å². The van der Waals surface area contributed by atoms with Gasteiger partial charge in [0.15, 0.2) is 0 Å². The molecule has 1 saturated carbocycles. The van der Waals surface area contributed by atoms with Crippen LogP contribution in [-0.2, 0) is 14.2 Å². The first-order valence-corrected chi connectivity index (χ1v) is 8.68. The second kappa shape index (κ2) is 9.45. The zero-order valence-electron chi connectivity index (χ0n) is 15.6. The number of hydrogen-bond donors (Lipinski definition) is 1. The zero-order chi connectivity index (χ0) is 17.5. The largest absolute Gasteiger partial charge is 0.444 e. The summed E-state index contributed by atoms with van der Waals surface area (Å²) in [6, 6.07) is 0.341. The van der Waals surface area contributed by atoms with Crippen molar-refractivity contribution in [3.63, 3.8) is 0 Å². The van der Waals surface area contributed by atoms with Crippen LogP contribution in [0.4, 0.5) is 4.79 Å². The van der Waals surface area contributed by atoms with Crippen LogP contribution >= 0.6 is 0 Å². The van der Waals surface area contributed by atoms with E-state index in [1.54, 1.807) is 12.0 Å². The summed E-state index contributed by atoms with van der Waals surface area (Å²) in [7, 11) is 1.73. The van der Waals surface area contributed by atoms with Gasteiger partial charge in [0.2, 0.25) is 0 Å². The Morgan fingerprint density at radius 1 is 1.30 bits per heavy atom. The number of rotatable bonds is 9. The quantitative estimate of drug-likeness (QED) is 0.658. The molecule has 136 valence electrons. The molecule has 0 heterocycles. The Kier molecular flexibility index (Phi) is 8.29. The summed E-state index contributed by atoms with van der Waals surface area (Å²) < 4.78 is 16.5. The molecule has 1 amide bonds. The molecule has 3 unspecified atom stereocenters. The topological polar surface area (TPSA) is 60.0 Å². The zero-order valence-corrected chi connectivity index (χ0v) is 15.6. The predicted octanol–water partition coefficient (Wildman–Crippen LogP) is 2.42. The summed E-state index contributed by atoms with van der Waals surface area (Å²) in [4.78, 5) is 13.8. The highest BCUT2D eigenvalue weighted by atomic mass is 16.6. The third kappa shape index (κ3) is 6.65. The molecule has 0 aliphatic heterocycles. The number of hydrogen-bond acceptors (Lipinski definition) is 5. The monoisotopic (exact) mass is 330 g/mol. The van der Waals surface area contributed by atoms with Gasteiger partial charge in [-0.15, -0.1) is 0 Å². The van der Waals surface area contributed by atoms with Crippen LogP contribution in [0.2, 0.25) is 0 Å². The Morgan fingerprint density at radius 3 is 2.52 bits per heavy atom. The van der Waals surface area contributed by atoms with E-state index >= 15 is 0 Å². The molecule has 0 saturated heterocycles. The molecule has 0 bridgehead atoms. The summed E-state index contributed by atoms with van der Waals surface area (Å²) >= 11 is 0. The maximum Gasteiger partial charge on any atom is 0.410 e. The summed E-state index contributed by atoms with van der Waals surface area (Å²) in [5.74, 6) is 0. The fourth-order valence-electron chi connectivity index (χ4n) is 2.74. The van der Waals surface area contributed by atoms with Crippen molar-refractivity contribution in [1.82, 2.24) is 10.2 Å². The van der Waals surface area contributed by atoms with Crippen LogP contribution in [0, 0.1) is 0 Å². The molecule has 0 aromatic heterocycles. The van der Waals surface area contributed by atoms with E-state index in [0.717, 1.165) is 26.0 Å². The number of carbonyl (C=O) groups excluding carboxylic acids is 1. The van der Waals surface area contributed by atoms with Crippen molar-refractivity contribution < 1.29 is 19.0 Å². The number of nitrogens with zero attached hydrogens (tertiary/aromatic N) is 1. The highest BCUT2D eigenvalue weighted by Crippen LogP contribution is 2.26. The first-order chi connectivity index (χ1) is 10.8. The number of nitrogens with one attached hydrogen (secondary N) is 1. The van der Waals surface area contributed by atoms with Crippen LogP contribution in [0.25, 0.3) is 0 Å². The SMILES string of the molecule is CCOC1CC(NCCCN(CC)C(=O)OC(C)(C)C)C1OC. The van der Waals surface area contributed by atoms with Crippen molar-refractivity contribution in [3.05, 3.63) is 0 Å². The first kappa shape index (κ1) is 20.2. The highest BCUT2D eigenvalue weighted by molar-refractivity contribution is 5.68. The van der Waals surface area contributed by atoms with Gasteiger partial charge in [-0.05, 0) is 54.0 Å². The fourth-order valence-corrected chi connectivity index (χ4v) is 2.74. The van der Waals surface area contributed by atoms with Crippen LogP contribution in [0.1, 0.15) is 47.5 Å². The second-order valence-corrected chi connectivity index (χ2v) is 6.90. The van der Waals surface area contributed by atoms with Crippen molar-refractivity contribution in [3.8, 4) is 0 Å². The molecular weight excluding hydrogens is 296 g/mol. The fraction of sp³-hybridized carbons (Fsp3) is 0.941. The maximum atomic E-state index is 12.0. The molecule has 1 rings (SSSR count). The van der Waals surface area contributed by atoms with Crippen molar-refractivity contribution >= 4 is 6.09 Å². The third-order valence-electron chi connectivity index (χ3n) is 3.95. The lowest BCUT2D eigenvalue weighted by Crippen LogP contribution is -2.60. The summed E-state index contributed by atoms with van der Waals surface area (Å²) in [5.41, 5.74) is -0.450. The van der Waals surface area contributed by atoms with Gasteiger partial charge in [-0.2, -0.15) is 0 Å². The minimum absolute atomic E-state index is 0.128. The molecule has 0 aromatic rings. The molecular formula is C17H34N2O4. The average Bonchev–Trinajstić information content (AvgIpc) is 2.43. The van der Waals surface area contributed by atoms with Crippen LogP contribution in [0.3, 0.4) is 0 Å². The van der Waals surface area contributed by atoms with Gasteiger partial charge in [-0.3, -0.25) is 0 Å². The van der Waals surface area contributed by atoms with Gasteiger partial charge in [0.1, 0.15) is 5.60 Å². The van der Waals surface area contributed by atoms with E-state index in [2.05, 4.69) is 5.32 Å². The van der Waals surface area contributed by atoms with Gasteiger partial charge < -0.3 is 24.4 Å². The summed E-state index contributed by atoms with van der Waals surface area (Å²) in [6.45, 7) is 12.6. The van der Waals surface area contributed by atoms with Crippen molar-refractivity contribution in [2.75, 3.05) is 33.4 Å². The van der Waals surface area contributed by atoms with E-state index in [9.17, 15) is 4.79 Å². The lowest BCUT2D eigenvalue weighted by molar-refractivity contribution is -0.131. The molecule has 1 aliphatic carbocycles. The lowest BCUT2D eigenvalue weighted by Gasteiger charge is -2.43. The Bertz CT molecular complexity index is 357. The maximum absolute atomic E-state index is 12.0. The van der Waals surface area contributed by atoms with E-state index in [-0.39, 0.29) is 18.3 Å². The van der Waals surface area contributed by atoms with Crippen LogP contribution in [-0.4, -0.2) is 68.2 Å². The van der Waals surface area contributed by atoms with Crippen molar-refractivity contribution in [2.45, 2.75) is 71.3 Å². The molecule has 0 radical (unpaired) electrons. The molecule has 0 spiro atoms. The molecule has 0 aromatic carbocycles. The highest BCUT2D eigenvalue weighted by Gasteiger charge is 2.41. The molecule has 6 heteroatoms. The Hall–Kier alpha value is -0.850. The summed E-state index contributed by atoms with van der Waals surface area (Å²) in [6.07, 6.45) is 1.96. The molecule has 6 nitrogen and oxygen atoms in total. The second-order valence-electron chi connectivity index (χ2n) is 6.90. The van der Waals surface area contributed by atoms with E-state index in [4.69, 9.17) is 14.2 Å². The van der Waals surface area contributed by atoms with E-state index < -0.39 is 5.60 Å². The molecule has 3 atom stereocenters. The van der Waals surface area contributed by atoms with Crippen LogP contribution in [0.15, 0.2) is 0 Å². The number of methoxy groups -OCH3 is 1. The smallest absolute Gasteiger partial charge is 0.410 e. The number of ether oxygens (including phenoxy) is 3. The van der Waals surface area contributed by atoms with Gasteiger partial charge in [-0.1, -0.05) is 0 Å². The predicted molar refractivity (Wildman–Crippen MR) is 90.7 cm³/mol. The average molecular weight is 330 g/mol. The standard InChI is InChI=1S/C17H34N2O4/c1-7-19(16(20)23-17(3,4)5)11-9-10-18-13-12-14(22-8-2)15(13)21-6/h13-15,18H,7-12H2,1-6H3. The van der Waals surface area contributed by atoms with Gasteiger partial charge in [0, 0.05) is 32.8 Å². The lowest BCUT2D eigenvalue weighted by atomic mass is 9.85. The molecule has 1 N–H and O–H groups in total. The van der Waals surface area contributed by atoms with E-state index in [0.29, 0.717) is 19.1 Å². The minimum atomic E-state index is -0.450. The molecule has 1 fully saturated rings. The normalized spacial score (nSPS) is 24.2. The van der Waals surface area contributed by atoms with Gasteiger partial charge >= 0.3 is 6.09 Å². The minimum Gasteiger partial charge on any atom is -0.444 e. The number of carbonyl (C=O) groups is 1. The van der Waals surface area contributed by atoms with Gasteiger partial charge in [0.05, 0.1) is 12.2 Å². The summed E-state index contributed by atoms with van der Waals surface area (Å²) in [5, 5.41) is 3.49. The first-order valence-electron chi connectivity index (χ1n) is 8.68. The van der Waals surface area contributed by atoms with Crippen molar-refractivity contribution in [2.24, 2.45) is 0 Å². The third-order valence-corrected chi connectivity index (χ3v) is 3.95. The molecule has 23 heavy (non-hydrogen) atoms. The molecule has 1 aliphatic rings. The van der Waals surface area contributed by atoms with Crippen LogP contribution in [0.5, 0.6) is 0 Å². The van der Waals surface area contributed by atoms with Crippen LogP contribution < -0.4 is 5.32 Å². The Morgan fingerprint density at radius 2 is 2.00 bits per heavy atom.